The number of hydrazine groups is 1. The predicted octanol–water partition coefficient (Wildman–Crippen LogP) is 5.40. The zero-order valence-electron chi connectivity index (χ0n) is 37.5. The van der Waals surface area contributed by atoms with Crippen molar-refractivity contribution in [1.29, 1.82) is 0 Å². The SMILES string of the molecule is CN(Cc1cc2cccnc2n1CCC(=O)NCC(=O)NCCOCCOCCC=O)N(C)C(=O)OCC1c2ccccc2-c2ccccc21.COc1c(F)c(F)c(F)c(F)c1F.CS(=O)(=O)O. The average Bonchev–Trinajstić information content (AvgIpc) is 3.83. The summed E-state index contributed by atoms with van der Waals surface area (Å²) in [6, 6.07) is 22.2. The van der Waals surface area contributed by atoms with Gasteiger partial charge in [-0.3, -0.25) is 14.1 Å². The van der Waals surface area contributed by atoms with Crippen molar-refractivity contribution in [3.05, 3.63) is 119 Å². The highest BCUT2D eigenvalue weighted by molar-refractivity contribution is 7.85. The monoisotopic (exact) mass is 978 g/mol. The smallest absolute Gasteiger partial charge is 0.424 e. The first-order valence-corrected chi connectivity index (χ1v) is 22.6. The third-order valence-corrected chi connectivity index (χ3v) is 9.95. The van der Waals surface area contributed by atoms with Crippen LogP contribution < -0.4 is 15.4 Å². The van der Waals surface area contributed by atoms with Crippen LogP contribution in [0, 0.1) is 29.1 Å². The van der Waals surface area contributed by atoms with E-state index >= 15 is 0 Å². The molecule has 0 atom stereocenters. The van der Waals surface area contributed by atoms with Gasteiger partial charge >= 0.3 is 6.09 Å². The van der Waals surface area contributed by atoms with Gasteiger partial charge in [0.1, 0.15) is 18.5 Å². The van der Waals surface area contributed by atoms with Crippen molar-refractivity contribution >= 4 is 45.3 Å². The van der Waals surface area contributed by atoms with Crippen LogP contribution in [0.1, 0.15) is 35.6 Å². The minimum Gasteiger partial charge on any atom is -0.491 e. The lowest BCUT2D eigenvalue weighted by Gasteiger charge is -2.28. The van der Waals surface area contributed by atoms with Gasteiger partial charge in [-0.25, -0.2) is 33.0 Å². The number of carbonyl (C=O) groups is 4. The number of methoxy groups -OCH3 is 1. The molecule has 0 radical (unpaired) electrons. The number of hydrogen-bond donors (Lipinski definition) is 3. The van der Waals surface area contributed by atoms with Gasteiger partial charge in [0.05, 0.1) is 52.9 Å². The molecule has 0 saturated carbocycles. The highest BCUT2D eigenvalue weighted by atomic mass is 32.2. The molecule has 5 aromatic rings. The second kappa shape index (κ2) is 26.1. The summed E-state index contributed by atoms with van der Waals surface area (Å²) in [6.45, 7) is 2.44. The van der Waals surface area contributed by atoms with Crippen molar-refractivity contribution in [2.24, 2.45) is 0 Å². The number of aromatic nitrogens is 2. The minimum absolute atomic E-state index is 0.0403. The number of rotatable bonds is 20. The summed E-state index contributed by atoms with van der Waals surface area (Å²) >= 11 is 0. The summed E-state index contributed by atoms with van der Waals surface area (Å²) in [5, 5.41) is 9.48. The Balaban J connectivity index is 0.000000469. The predicted molar refractivity (Wildman–Crippen MR) is 237 cm³/mol. The molecule has 0 spiro atoms. The van der Waals surface area contributed by atoms with Crippen LogP contribution >= 0.6 is 0 Å². The van der Waals surface area contributed by atoms with E-state index in [-0.39, 0.29) is 37.3 Å². The zero-order valence-corrected chi connectivity index (χ0v) is 38.3. The number of benzene rings is 3. The van der Waals surface area contributed by atoms with Crippen molar-refractivity contribution in [1.82, 2.24) is 30.2 Å². The van der Waals surface area contributed by atoms with Crippen LogP contribution in [0.25, 0.3) is 22.2 Å². The van der Waals surface area contributed by atoms with E-state index in [4.69, 9.17) is 18.8 Å². The molecular formula is C45H51F5N6O11S. The molecule has 23 heteroatoms. The number of aldehydes is 1. The molecule has 0 bridgehead atoms. The van der Waals surface area contributed by atoms with Gasteiger partial charge < -0.3 is 38.9 Å². The van der Waals surface area contributed by atoms with Crippen LogP contribution in [-0.2, 0) is 51.8 Å². The maximum absolute atomic E-state index is 13.2. The van der Waals surface area contributed by atoms with E-state index in [1.807, 2.05) is 47.0 Å². The van der Waals surface area contributed by atoms with Crippen molar-refractivity contribution in [2.45, 2.75) is 31.8 Å². The molecule has 3 amide bonds. The lowest BCUT2D eigenvalue weighted by atomic mass is 9.98. The van der Waals surface area contributed by atoms with Crippen LogP contribution in [0.15, 0.2) is 72.9 Å². The molecule has 1 aliphatic rings. The molecule has 0 saturated heterocycles. The molecule has 6 rings (SSSR count). The minimum atomic E-state index is -3.67. The molecule has 68 heavy (non-hydrogen) atoms. The molecule has 17 nitrogen and oxygen atoms in total. The Morgan fingerprint density at radius 3 is 1.99 bits per heavy atom. The lowest BCUT2D eigenvalue weighted by Crippen LogP contribution is -2.41. The van der Waals surface area contributed by atoms with Gasteiger partial charge in [-0.05, 0) is 40.5 Å². The van der Waals surface area contributed by atoms with E-state index in [9.17, 15) is 49.5 Å². The van der Waals surface area contributed by atoms with Crippen LogP contribution in [-0.4, -0.2) is 130 Å². The number of amides is 3. The third-order valence-electron chi connectivity index (χ3n) is 9.95. The van der Waals surface area contributed by atoms with E-state index in [0.717, 1.165) is 41.3 Å². The Hall–Kier alpha value is -6.53. The lowest BCUT2D eigenvalue weighted by molar-refractivity contribution is -0.126. The van der Waals surface area contributed by atoms with Gasteiger partial charge in [0, 0.05) is 63.2 Å². The number of nitrogens with zero attached hydrogens (tertiary/aromatic N) is 4. The fourth-order valence-corrected chi connectivity index (χ4v) is 6.71. The van der Waals surface area contributed by atoms with Crippen LogP contribution in [0.5, 0.6) is 5.75 Å². The van der Waals surface area contributed by atoms with Gasteiger partial charge in [0.15, 0.2) is 5.75 Å². The van der Waals surface area contributed by atoms with Crippen molar-refractivity contribution in [3.63, 3.8) is 0 Å². The van der Waals surface area contributed by atoms with Gasteiger partial charge in [-0.1, -0.05) is 48.5 Å². The van der Waals surface area contributed by atoms with Gasteiger partial charge in [-0.2, -0.15) is 17.2 Å². The molecule has 1 aliphatic carbocycles. The molecule has 3 aromatic carbocycles. The summed E-state index contributed by atoms with van der Waals surface area (Å²) in [7, 11) is 0.608. The van der Waals surface area contributed by atoms with Crippen LogP contribution in [0.3, 0.4) is 0 Å². The number of ether oxygens (including phenoxy) is 4. The van der Waals surface area contributed by atoms with Gasteiger partial charge in [0.25, 0.3) is 10.1 Å². The summed E-state index contributed by atoms with van der Waals surface area (Å²) in [6.07, 6.45) is 3.21. The molecule has 0 fully saturated rings. The Bertz CT molecular complexity index is 2560. The largest absolute Gasteiger partial charge is 0.491 e. The topological polar surface area (TPSA) is 208 Å². The first-order chi connectivity index (χ1) is 32.4. The number of pyridine rings is 1. The third kappa shape index (κ3) is 15.5. The zero-order chi connectivity index (χ0) is 50.0. The van der Waals surface area contributed by atoms with Gasteiger partial charge in [0.2, 0.25) is 40.9 Å². The summed E-state index contributed by atoms with van der Waals surface area (Å²) in [4.78, 5) is 52.9. The first-order valence-electron chi connectivity index (χ1n) is 20.7. The van der Waals surface area contributed by atoms with Crippen molar-refractivity contribution in [3.8, 4) is 16.9 Å². The fraction of sp³-hybridized carbons (Fsp3) is 0.356. The number of nitrogens with one attached hydrogen (secondary N) is 2. The molecule has 2 heterocycles. The van der Waals surface area contributed by atoms with E-state index < -0.39 is 51.0 Å². The number of aryl methyl sites for hydroxylation is 1. The van der Waals surface area contributed by atoms with Crippen LogP contribution in [0.2, 0.25) is 0 Å². The molecule has 0 aliphatic heterocycles. The molecule has 2 aromatic heterocycles. The average molecular weight is 979 g/mol. The number of carbonyl (C=O) groups excluding carboxylic acids is 4. The number of fused-ring (bicyclic) bond motifs is 4. The highest BCUT2D eigenvalue weighted by Gasteiger charge is 2.30. The van der Waals surface area contributed by atoms with E-state index in [1.54, 1.807) is 25.3 Å². The van der Waals surface area contributed by atoms with E-state index in [0.29, 0.717) is 58.7 Å². The molecule has 3 N–H and O–H groups in total. The molecule has 368 valence electrons. The summed E-state index contributed by atoms with van der Waals surface area (Å²) in [5.41, 5.74) is 6.21. The number of hydrogen-bond acceptors (Lipinski definition) is 12. The highest BCUT2D eigenvalue weighted by Crippen LogP contribution is 2.44. The Morgan fingerprint density at radius 1 is 0.824 bits per heavy atom. The maximum Gasteiger partial charge on any atom is 0.424 e. The van der Waals surface area contributed by atoms with E-state index in [2.05, 4.69) is 44.6 Å². The molecular weight excluding hydrogens is 928 g/mol. The molecule has 0 unspecified atom stereocenters. The standard InChI is InChI=1S/C37H44N6O7.C7H3F5O.CH4O3S/c1-41(42(2)37(47)50-26-33-31-12-5-3-10-29(31)30-11-4-6-13-32(30)33)25-28-23-27-9-7-15-39-36(27)43(28)17-14-34(45)40-24-35(46)38-16-20-49-22-21-48-19-8-18-44;1-13-7-5(11)3(9)2(8)4(10)6(7)12;1-5(2,3)4/h3-7,9-13,15,18,23,33H,8,14,16-17,19-22,24-26H2,1-2H3,(H,38,46)(H,40,45);1H3;1H3,(H,2,3,4). The first kappa shape index (κ1) is 54.1. The summed E-state index contributed by atoms with van der Waals surface area (Å²) < 4.78 is 110. The Kier molecular flexibility index (Phi) is 20.8. The van der Waals surface area contributed by atoms with Gasteiger partial charge in [-0.15, -0.1) is 0 Å². The maximum atomic E-state index is 13.2. The summed E-state index contributed by atoms with van der Waals surface area (Å²) in [5.74, 6) is -12.1. The quantitative estimate of drug-likeness (QED) is 0.0170. The second-order valence-electron chi connectivity index (χ2n) is 14.7. The number of halogens is 5. The van der Waals surface area contributed by atoms with Crippen molar-refractivity contribution < 1.29 is 73.0 Å². The fourth-order valence-electron chi connectivity index (χ4n) is 6.71. The normalized spacial score (nSPS) is 11.7. The van der Waals surface area contributed by atoms with Crippen molar-refractivity contribution in [2.75, 3.05) is 73.6 Å². The van der Waals surface area contributed by atoms with Crippen LogP contribution in [0.4, 0.5) is 26.7 Å². The second-order valence-corrected chi connectivity index (χ2v) is 16.2. The Labute approximate surface area is 388 Å². The Morgan fingerprint density at radius 2 is 1.40 bits per heavy atom. The van der Waals surface area contributed by atoms with E-state index in [1.165, 1.54) is 16.1 Å².